The zero-order chi connectivity index (χ0) is 11.7. The first-order valence-corrected chi connectivity index (χ1v) is 6.41. The van der Waals surface area contributed by atoms with Gasteiger partial charge in [0.15, 0.2) is 0 Å². The van der Waals surface area contributed by atoms with Crippen molar-refractivity contribution in [3.8, 4) is 0 Å². The van der Waals surface area contributed by atoms with Crippen molar-refractivity contribution >= 4 is 10.9 Å². The molecule has 0 radical (unpaired) electrons. The fourth-order valence-electron chi connectivity index (χ4n) is 2.58. The lowest BCUT2D eigenvalue weighted by Crippen LogP contribution is -2.31. The SMILES string of the molecule is CC1CCC(c2ccc3cccnc3c2)NC1. The Morgan fingerprint density at radius 2 is 2.18 bits per heavy atom. The van der Waals surface area contributed by atoms with E-state index in [0.29, 0.717) is 6.04 Å². The first-order chi connectivity index (χ1) is 8.33. The molecule has 1 fully saturated rings. The molecule has 0 saturated carbocycles. The summed E-state index contributed by atoms with van der Waals surface area (Å²) in [5.41, 5.74) is 2.48. The first-order valence-electron chi connectivity index (χ1n) is 6.41. The van der Waals surface area contributed by atoms with Crippen molar-refractivity contribution in [2.24, 2.45) is 5.92 Å². The van der Waals surface area contributed by atoms with Gasteiger partial charge in [-0.15, -0.1) is 0 Å². The number of pyridine rings is 1. The molecule has 2 atom stereocenters. The number of aromatic nitrogens is 1. The van der Waals surface area contributed by atoms with E-state index in [4.69, 9.17) is 0 Å². The molecule has 1 aliphatic rings. The summed E-state index contributed by atoms with van der Waals surface area (Å²) in [5, 5.41) is 4.84. The Morgan fingerprint density at radius 1 is 1.24 bits per heavy atom. The second kappa shape index (κ2) is 4.46. The van der Waals surface area contributed by atoms with Crippen LogP contribution in [0, 0.1) is 5.92 Å². The van der Waals surface area contributed by atoms with Crippen molar-refractivity contribution in [1.29, 1.82) is 0 Å². The van der Waals surface area contributed by atoms with Gasteiger partial charge in [0.05, 0.1) is 5.52 Å². The summed E-state index contributed by atoms with van der Waals surface area (Å²) in [7, 11) is 0. The van der Waals surface area contributed by atoms with Gasteiger partial charge in [0.25, 0.3) is 0 Å². The van der Waals surface area contributed by atoms with E-state index in [1.807, 2.05) is 12.3 Å². The van der Waals surface area contributed by atoms with E-state index < -0.39 is 0 Å². The topological polar surface area (TPSA) is 24.9 Å². The summed E-state index contributed by atoms with van der Waals surface area (Å²) in [4.78, 5) is 4.42. The third kappa shape index (κ3) is 2.18. The second-order valence-corrected chi connectivity index (χ2v) is 5.10. The number of rotatable bonds is 1. The maximum absolute atomic E-state index is 4.42. The molecule has 2 heterocycles. The van der Waals surface area contributed by atoms with Gasteiger partial charge in [0.2, 0.25) is 0 Å². The molecule has 2 nitrogen and oxygen atoms in total. The molecular formula is C15H18N2. The van der Waals surface area contributed by atoms with Crippen LogP contribution in [0.5, 0.6) is 0 Å². The van der Waals surface area contributed by atoms with Crippen LogP contribution < -0.4 is 5.32 Å². The molecule has 1 aromatic carbocycles. The van der Waals surface area contributed by atoms with Crippen molar-refractivity contribution in [3.05, 3.63) is 42.1 Å². The van der Waals surface area contributed by atoms with Crippen LogP contribution in [0.3, 0.4) is 0 Å². The molecule has 88 valence electrons. The highest BCUT2D eigenvalue weighted by Crippen LogP contribution is 2.27. The quantitative estimate of drug-likeness (QED) is 0.807. The minimum absolute atomic E-state index is 0.512. The molecule has 2 aromatic rings. The smallest absolute Gasteiger partial charge is 0.0705 e. The average molecular weight is 226 g/mol. The van der Waals surface area contributed by atoms with Gasteiger partial charge in [0, 0.05) is 17.6 Å². The van der Waals surface area contributed by atoms with E-state index in [0.717, 1.165) is 18.0 Å². The normalized spacial score (nSPS) is 25.0. The van der Waals surface area contributed by atoms with Gasteiger partial charge in [-0.3, -0.25) is 4.98 Å². The minimum atomic E-state index is 0.512. The third-order valence-corrected chi connectivity index (χ3v) is 3.69. The lowest BCUT2D eigenvalue weighted by molar-refractivity contribution is 0.333. The van der Waals surface area contributed by atoms with E-state index in [1.54, 1.807) is 0 Å². The van der Waals surface area contributed by atoms with Gasteiger partial charge in [-0.2, -0.15) is 0 Å². The van der Waals surface area contributed by atoms with Crippen LogP contribution in [0.2, 0.25) is 0 Å². The third-order valence-electron chi connectivity index (χ3n) is 3.69. The number of nitrogens with zero attached hydrogens (tertiary/aromatic N) is 1. The van der Waals surface area contributed by atoms with E-state index >= 15 is 0 Å². The highest BCUT2D eigenvalue weighted by Gasteiger charge is 2.18. The van der Waals surface area contributed by atoms with Crippen molar-refractivity contribution in [2.75, 3.05) is 6.54 Å². The maximum atomic E-state index is 4.42. The van der Waals surface area contributed by atoms with Crippen molar-refractivity contribution < 1.29 is 0 Å². The molecule has 2 heteroatoms. The van der Waals surface area contributed by atoms with Crippen LogP contribution in [0.15, 0.2) is 36.5 Å². The fraction of sp³-hybridized carbons (Fsp3) is 0.400. The summed E-state index contributed by atoms with van der Waals surface area (Å²) in [6.07, 6.45) is 4.42. The number of hydrogen-bond donors (Lipinski definition) is 1. The Bertz CT molecular complexity index is 513. The Kier molecular flexibility index (Phi) is 2.81. The standard InChI is InChI=1S/C15H18N2/c1-11-4-7-14(17-10-11)13-6-5-12-3-2-8-16-15(12)9-13/h2-3,5-6,8-9,11,14,17H,4,7,10H2,1H3. The number of nitrogens with one attached hydrogen (secondary N) is 1. The van der Waals surface area contributed by atoms with E-state index in [-0.39, 0.29) is 0 Å². The zero-order valence-corrected chi connectivity index (χ0v) is 10.2. The molecule has 0 spiro atoms. The van der Waals surface area contributed by atoms with Gasteiger partial charge >= 0.3 is 0 Å². The molecule has 0 amide bonds. The fourth-order valence-corrected chi connectivity index (χ4v) is 2.58. The van der Waals surface area contributed by atoms with Crippen molar-refractivity contribution in [1.82, 2.24) is 10.3 Å². The van der Waals surface area contributed by atoms with Crippen LogP contribution in [0.4, 0.5) is 0 Å². The summed E-state index contributed by atoms with van der Waals surface area (Å²) >= 11 is 0. The van der Waals surface area contributed by atoms with Gasteiger partial charge in [-0.05, 0) is 43.0 Å². The lowest BCUT2D eigenvalue weighted by Gasteiger charge is -2.28. The molecular weight excluding hydrogens is 208 g/mol. The summed E-state index contributed by atoms with van der Waals surface area (Å²) in [6.45, 7) is 3.44. The van der Waals surface area contributed by atoms with Gasteiger partial charge < -0.3 is 5.32 Å². The maximum Gasteiger partial charge on any atom is 0.0705 e. The van der Waals surface area contributed by atoms with Crippen molar-refractivity contribution in [3.63, 3.8) is 0 Å². The summed E-state index contributed by atoms with van der Waals surface area (Å²) < 4.78 is 0. The monoisotopic (exact) mass is 226 g/mol. The molecule has 1 saturated heterocycles. The summed E-state index contributed by atoms with van der Waals surface area (Å²) in [6, 6.07) is 11.3. The van der Waals surface area contributed by atoms with Gasteiger partial charge in [-0.1, -0.05) is 25.1 Å². The molecule has 3 rings (SSSR count). The van der Waals surface area contributed by atoms with Gasteiger partial charge in [-0.25, -0.2) is 0 Å². The molecule has 0 aliphatic carbocycles. The van der Waals surface area contributed by atoms with E-state index in [9.17, 15) is 0 Å². The van der Waals surface area contributed by atoms with Crippen LogP contribution >= 0.6 is 0 Å². The highest BCUT2D eigenvalue weighted by atomic mass is 14.9. The Morgan fingerprint density at radius 3 is 3.00 bits per heavy atom. The highest BCUT2D eigenvalue weighted by molar-refractivity contribution is 5.78. The minimum Gasteiger partial charge on any atom is -0.310 e. The Hall–Kier alpha value is -1.41. The van der Waals surface area contributed by atoms with Crippen LogP contribution in [-0.2, 0) is 0 Å². The van der Waals surface area contributed by atoms with E-state index in [2.05, 4.69) is 41.5 Å². The van der Waals surface area contributed by atoms with Crippen LogP contribution in [-0.4, -0.2) is 11.5 Å². The number of hydrogen-bond acceptors (Lipinski definition) is 2. The number of fused-ring (bicyclic) bond motifs is 1. The molecule has 0 bridgehead atoms. The molecule has 1 aromatic heterocycles. The van der Waals surface area contributed by atoms with E-state index in [1.165, 1.54) is 23.8 Å². The van der Waals surface area contributed by atoms with Crippen LogP contribution in [0.1, 0.15) is 31.4 Å². The largest absolute Gasteiger partial charge is 0.310 e. The molecule has 17 heavy (non-hydrogen) atoms. The van der Waals surface area contributed by atoms with Crippen LogP contribution in [0.25, 0.3) is 10.9 Å². The Labute approximate surface area is 102 Å². The predicted molar refractivity (Wildman–Crippen MR) is 70.9 cm³/mol. The molecule has 1 N–H and O–H groups in total. The van der Waals surface area contributed by atoms with Crippen molar-refractivity contribution in [2.45, 2.75) is 25.8 Å². The van der Waals surface area contributed by atoms with Gasteiger partial charge in [0.1, 0.15) is 0 Å². The summed E-state index contributed by atoms with van der Waals surface area (Å²) in [5.74, 6) is 0.810. The lowest BCUT2D eigenvalue weighted by atomic mass is 9.92. The zero-order valence-electron chi connectivity index (χ0n) is 10.2. The predicted octanol–water partition coefficient (Wildman–Crippen LogP) is 3.30. The number of piperidine rings is 1. The number of benzene rings is 1. The average Bonchev–Trinajstić information content (AvgIpc) is 2.39. The molecule has 1 aliphatic heterocycles. The second-order valence-electron chi connectivity index (χ2n) is 5.10. The first kappa shape index (κ1) is 10.7. The Balaban J connectivity index is 1.90. The molecule has 2 unspecified atom stereocenters.